The van der Waals surface area contributed by atoms with Crippen molar-refractivity contribution in [3.8, 4) is 22.6 Å². The van der Waals surface area contributed by atoms with Gasteiger partial charge >= 0.3 is 0 Å². The minimum atomic E-state index is 0.262. The Morgan fingerprint density at radius 3 is 1.30 bits per heavy atom. The summed E-state index contributed by atoms with van der Waals surface area (Å²) in [7, 11) is 0. The van der Waals surface area contributed by atoms with Crippen molar-refractivity contribution in [3.05, 3.63) is 107 Å². The first-order valence-corrected chi connectivity index (χ1v) is 9.82. The van der Waals surface area contributed by atoms with Crippen molar-refractivity contribution in [2.75, 3.05) is 11.5 Å². The summed E-state index contributed by atoms with van der Waals surface area (Å²) in [6, 6.07) is 26.3. The van der Waals surface area contributed by atoms with Gasteiger partial charge in [-0.2, -0.15) is 0 Å². The molecule has 150 valence electrons. The zero-order valence-corrected chi connectivity index (χ0v) is 16.5. The molecule has 0 saturated heterocycles. The van der Waals surface area contributed by atoms with Gasteiger partial charge in [0.1, 0.15) is 11.5 Å². The van der Waals surface area contributed by atoms with Crippen molar-refractivity contribution in [2.24, 2.45) is 0 Å². The lowest BCUT2D eigenvalue weighted by atomic mass is 9.89. The van der Waals surface area contributed by atoms with Crippen molar-refractivity contribution < 1.29 is 10.2 Å². The van der Waals surface area contributed by atoms with Crippen molar-refractivity contribution in [2.45, 2.75) is 12.8 Å². The first-order chi connectivity index (χ1) is 14.5. The quantitative estimate of drug-likeness (QED) is 0.353. The van der Waals surface area contributed by atoms with Crippen LogP contribution in [0.25, 0.3) is 11.1 Å². The zero-order chi connectivity index (χ0) is 21.1. The number of phenols is 2. The topological polar surface area (TPSA) is 92.5 Å². The number of hydrogen-bond acceptors (Lipinski definition) is 4. The highest BCUT2D eigenvalue weighted by molar-refractivity contribution is 5.75. The van der Waals surface area contributed by atoms with E-state index in [2.05, 4.69) is 0 Å². The van der Waals surface area contributed by atoms with Crippen LogP contribution in [0, 0.1) is 0 Å². The third-order valence-corrected chi connectivity index (χ3v) is 5.29. The van der Waals surface area contributed by atoms with Crippen LogP contribution in [0.3, 0.4) is 0 Å². The summed E-state index contributed by atoms with van der Waals surface area (Å²) >= 11 is 0. The van der Waals surface area contributed by atoms with Gasteiger partial charge in [0, 0.05) is 24.2 Å². The van der Waals surface area contributed by atoms with E-state index in [0.29, 0.717) is 24.2 Å². The normalized spacial score (nSPS) is 10.8. The number of phenolic OH excluding ortho intramolecular Hbond substituents is 2. The Kier molecular flexibility index (Phi) is 5.31. The van der Waals surface area contributed by atoms with E-state index < -0.39 is 0 Å². The molecular formula is C26H24N2O2. The van der Waals surface area contributed by atoms with E-state index >= 15 is 0 Å². The van der Waals surface area contributed by atoms with Gasteiger partial charge in [0.15, 0.2) is 0 Å². The third kappa shape index (κ3) is 4.08. The van der Waals surface area contributed by atoms with Gasteiger partial charge in [0.2, 0.25) is 0 Å². The molecule has 0 fully saturated rings. The second-order valence-electron chi connectivity index (χ2n) is 7.44. The van der Waals surface area contributed by atoms with Crippen molar-refractivity contribution >= 4 is 11.4 Å². The fourth-order valence-electron chi connectivity index (χ4n) is 3.78. The molecule has 4 nitrogen and oxygen atoms in total. The van der Waals surface area contributed by atoms with Gasteiger partial charge in [-0.25, -0.2) is 0 Å². The first-order valence-electron chi connectivity index (χ1n) is 9.82. The molecule has 0 saturated carbocycles. The number of nitrogen functional groups attached to an aromatic ring is 2. The third-order valence-electron chi connectivity index (χ3n) is 5.29. The maximum Gasteiger partial charge on any atom is 0.119 e. The van der Waals surface area contributed by atoms with E-state index in [-0.39, 0.29) is 11.5 Å². The van der Waals surface area contributed by atoms with Gasteiger partial charge in [-0.3, -0.25) is 0 Å². The average Bonchev–Trinajstić information content (AvgIpc) is 2.72. The fraction of sp³-hybridized carbons (Fsp3) is 0.0769. The predicted octanol–water partition coefficient (Wildman–Crippen LogP) is 5.11. The van der Waals surface area contributed by atoms with Crippen molar-refractivity contribution in [1.82, 2.24) is 0 Å². The number of para-hydroxylation sites is 2. The lowest BCUT2D eigenvalue weighted by Gasteiger charge is -2.17. The Labute approximate surface area is 176 Å². The van der Waals surface area contributed by atoms with E-state index in [4.69, 9.17) is 11.5 Å². The number of rotatable bonds is 5. The number of hydrogen-bond donors (Lipinski definition) is 4. The first kappa shape index (κ1) is 19.4. The van der Waals surface area contributed by atoms with Gasteiger partial charge in [-0.1, -0.05) is 48.5 Å². The summed E-state index contributed by atoms with van der Waals surface area (Å²) < 4.78 is 0. The average molecular weight is 396 g/mol. The molecule has 30 heavy (non-hydrogen) atoms. The van der Waals surface area contributed by atoms with Crippen molar-refractivity contribution in [3.63, 3.8) is 0 Å². The fourth-order valence-corrected chi connectivity index (χ4v) is 3.78. The molecule has 0 unspecified atom stereocenters. The molecule has 0 aliphatic heterocycles. The Bertz CT molecular complexity index is 1110. The minimum absolute atomic E-state index is 0.262. The zero-order valence-electron chi connectivity index (χ0n) is 16.5. The lowest BCUT2D eigenvalue weighted by Crippen LogP contribution is -2.00. The van der Waals surface area contributed by atoms with Crippen LogP contribution in [0.1, 0.15) is 22.3 Å². The Balaban J connectivity index is 1.81. The van der Waals surface area contributed by atoms with Crippen LogP contribution in [0.15, 0.2) is 84.9 Å². The summed E-state index contributed by atoms with van der Waals surface area (Å²) in [4.78, 5) is 0. The second kappa shape index (κ2) is 8.21. The Hall–Kier alpha value is -3.92. The molecule has 0 atom stereocenters. The number of aromatic hydroxyl groups is 2. The van der Waals surface area contributed by atoms with Crippen LogP contribution in [0.5, 0.6) is 11.5 Å². The molecule has 4 heteroatoms. The maximum atomic E-state index is 10.2. The highest BCUT2D eigenvalue weighted by atomic mass is 16.3. The highest BCUT2D eigenvalue weighted by Crippen LogP contribution is 2.34. The summed E-state index contributed by atoms with van der Waals surface area (Å²) in [5.74, 6) is 0.523. The minimum Gasteiger partial charge on any atom is -0.508 e. The Morgan fingerprint density at radius 2 is 0.900 bits per heavy atom. The molecule has 4 rings (SSSR count). The molecule has 6 N–H and O–H groups in total. The molecule has 0 radical (unpaired) electrons. The van der Waals surface area contributed by atoms with E-state index in [9.17, 15) is 10.2 Å². The lowest BCUT2D eigenvalue weighted by molar-refractivity contribution is 0.469. The molecule has 4 aromatic rings. The van der Waals surface area contributed by atoms with E-state index in [0.717, 1.165) is 33.4 Å². The summed E-state index contributed by atoms with van der Waals surface area (Å²) in [6.45, 7) is 0. The van der Waals surface area contributed by atoms with E-state index in [1.807, 2.05) is 72.8 Å². The maximum absolute atomic E-state index is 10.2. The SMILES string of the molecule is Nc1ccc(-c2ccc(N)cc2Cc2ccccc2O)c(Cc2ccccc2O)c1. The van der Waals surface area contributed by atoms with Gasteiger partial charge in [0.05, 0.1) is 0 Å². The summed E-state index contributed by atoms with van der Waals surface area (Å²) in [5.41, 5.74) is 19.3. The predicted molar refractivity (Wildman–Crippen MR) is 123 cm³/mol. The standard InChI is InChI=1S/C26H24N2O2/c27-21-9-11-23(19(15-21)13-17-5-1-3-7-25(17)29)24-12-10-22(28)16-20(24)14-18-6-2-4-8-26(18)30/h1-12,15-16,29-30H,13-14,27-28H2. The van der Waals surface area contributed by atoms with E-state index in [1.165, 1.54) is 0 Å². The largest absolute Gasteiger partial charge is 0.508 e. The number of benzene rings is 4. The van der Waals surface area contributed by atoms with Crippen LogP contribution in [-0.2, 0) is 12.8 Å². The molecule has 0 bridgehead atoms. The van der Waals surface area contributed by atoms with Gasteiger partial charge < -0.3 is 21.7 Å². The number of nitrogens with two attached hydrogens (primary N) is 2. The van der Waals surface area contributed by atoms with Crippen LogP contribution in [0.4, 0.5) is 11.4 Å². The molecule has 4 aromatic carbocycles. The van der Waals surface area contributed by atoms with Gasteiger partial charge in [-0.15, -0.1) is 0 Å². The molecular weight excluding hydrogens is 372 g/mol. The molecule has 0 aliphatic carbocycles. The van der Waals surface area contributed by atoms with Crippen LogP contribution in [-0.4, -0.2) is 10.2 Å². The molecule has 0 aliphatic rings. The summed E-state index contributed by atoms with van der Waals surface area (Å²) in [5, 5.41) is 20.5. The van der Waals surface area contributed by atoms with E-state index in [1.54, 1.807) is 12.1 Å². The highest BCUT2D eigenvalue weighted by Gasteiger charge is 2.14. The molecule has 0 aromatic heterocycles. The molecule has 0 heterocycles. The van der Waals surface area contributed by atoms with Gasteiger partial charge in [0.25, 0.3) is 0 Å². The molecule has 0 amide bonds. The smallest absolute Gasteiger partial charge is 0.119 e. The van der Waals surface area contributed by atoms with Crippen LogP contribution < -0.4 is 11.5 Å². The second-order valence-corrected chi connectivity index (χ2v) is 7.44. The summed E-state index contributed by atoms with van der Waals surface area (Å²) in [6.07, 6.45) is 1.10. The van der Waals surface area contributed by atoms with Crippen molar-refractivity contribution in [1.29, 1.82) is 0 Å². The Morgan fingerprint density at radius 1 is 0.500 bits per heavy atom. The monoisotopic (exact) mass is 396 g/mol. The van der Waals surface area contributed by atoms with Gasteiger partial charge in [-0.05, 0) is 69.8 Å². The molecule has 0 spiro atoms. The van der Waals surface area contributed by atoms with Crippen LogP contribution >= 0.6 is 0 Å². The number of anilines is 2. The van der Waals surface area contributed by atoms with Crippen LogP contribution in [0.2, 0.25) is 0 Å².